The molecule has 1 fully saturated rings. The van der Waals surface area contributed by atoms with E-state index in [0.717, 1.165) is 31.5 Å². The average molecular weight is 683 g/mol. The van der Waals surface area contributed by atoms with E-state index in [1.54, 1.807) is 9.80 Å². The highest BCUT2D eigenvalue weighted by Crippen LogP contribution is 2.58. The lowest BCUT2D eigenvalue weighted by Gasteiger charge is -2.37. The molecule has 0 radical (unpaired) electrons. The molecule has 220 valence electrons. The molecule has 6 rings (SSSR count). The lowest BCUT2D eigenvalue weighted by Crippen LogP contribution is -2.48. The number of nitrogens with zero attached hydrogens (tertiary/aromatic N) is 2. The minimum atomic E-state index is -1.71. The number of aliphatic hydroxyl groups excluding tert-OH is 1. The van der Waals surface area contributed by atoms with Gasteiger partial charge in [-0.3, -0.25) is 9.59 Å². The minimum Gasteiger partial charge on any atom is -0.394 e. The van der Waals surface area contributed by atoms with Crippen LogP contribution in [-0.4, -0.2) is 46.2 Å². The van der Waals surface area contributed by atoms with Crippen molar-refractivity contribution in [2.75, 3.05) is 11.5 Å². The van der Waals surface area contributed by atoms with Gasteiger partial charge >= 0.3 is 0 Å². The summed E-state index contributed by atoms with van der Waals surface area (Å²) < 4.78 is 23.8. The van der Waals surface area contributed by atoms with Crippen molar-refractivity contribution in [3.63, 3.8) is 0 Å². The summed E-state index contributed by atoms with van der Waals surface area (Å²) >= 11 is 2.23. The maximum absolute atomic E-state index is 16.1. The molecule has 3 aromatic carbocycles. The van der Waals surface area contributed by atoms with Gasteiger partial charge in [0.05, 0.1) is 37.4 Å². The van der Waals surface area contributed by atoms with Crippen LogP contribution in [0.1, 0.15) is 49.4 Å². The van der Waals surface area contributed by atoms with Crippen molar-refractivity contribution in [2.24, 2.45) is 11.8 Å². The Morgan fingerprint density at radius 3 is 2.48 bits per heavy atom. The highest BCUT2D eigenvalue weighted by molar-refractivity contribution is 14.1. The molecule has 0 bridgehead atoms. The number of rotatable bonds is 6. The van der Waals surface area contributed by atoms with Crippen LogP contribution in [0.5, 0.6) is 0 Å². The molecule has 3 aliphatic rings. The highest BCUT2D eigenvalue weighted by atomic mass is 127. The van der Waals surface area contributed by atoms with E-state index in [-0.39, 0.29) is 30.9 Å². The molecule has 0 unspecified atom stereocenters. The van der Waals surface area contributed by atoms with E-state index in [1.807, 2.05) is 79.7 Å². The fourth-order valence-corrected chi connectivity index (χ4v) is 7.97. The molecular weight excluding hydrogens is 646 g/mol. The van der Waals surface area contributed by atoms with Gasteiger partial charge in [0.25, 0.3) is 5.91 Å². The van der Waals surface area contributed by atoms with Crippen LogP contribution in [-0.2, 0) is 39.4 Å². The lowest BCUT2D eigenvalue weighted by molar-refractivity contribution is -0.151. The molecule has 3 aliphatic heterocycles. The first-order chi connectivity index (χ1) is 20.0. The number of fused-ring (bicyclic) bond motifs is 3. The first-order valence-electron chi connectivity index (χ1n) is 14.5. The second-order valence-corrected chi connectivity index (χ2v) is 13.6. The Kier molecular flexibility index (Phi) is 7.68. The summed E-state index contributed by atoms with van der Waals surface area (Å²) in [5.74, 6) is -1.67. The van der Waals surface area contributed by atoms with Crippen molar-refractivity contribution >= 4 is 40.1 Å². The summed E-state index contributed by atoms with van der Waals surface area (Å²) in [6.07, 6.45) is -0.343. The largest absolute Gasteiger partial charge is 0.394 e. The third kappa shape index (κ3) is 4.85. The number of halogens is 2. The number of carbonyl (C=O) groups is 2. The molecule has 8 heteroatoms. The summed E-state index contributed by atoms with van der Waals surface area (Å²) in [6, 6.07) is 23.2. The van der Waals surface area contributed by atoms with Gasteiger partial charge in [-0.2, -0.15) is 0 Å². The van der Waals surface area contributed by atoms with Crippen LogP contribution < -0.4 is 4.90 Å². The first kappa shape index (κ1) is 29.3. The Morgan fingerprint density at radius 2 is 1.79 bits per heavy atom. The fourth-order valence-electron chi connectivity index (χ4n) is 7.47. The number of alkyl halides is 1. The average Bonchev–Trinajstić information content (AvgIpc) is 3.39. The molecule has 3 aromatic rings. The summed E-state index contributed by atoms with van der Waals surface area (Å²) in [7, 11) is 0. The van der Waals surface area contributed by atoms with Gasteiger partial charge in [0.1, 0.15) is 5.67 Å². The Balaban J connectivity index is 1.36. The van der Waals surface area contributed by atoms with Crippen molar-refractivity contribution in [2.45, 2.75) is 70.1 Å². The van der Waals surface area contributed by atoms with Gasteiger partial charge in [-0.05, 0) is 77.7 Å². The van der Waals surface area contributed by atoms with Crippen molar-refractivity contribution in [1.82, 2.24) is 4.90 Å². The maximum atomic E-state index is 16.1. The molecule has 6 nitrogen and oxygen atoms in total. The van der Waals surface area contributed by atoms with Crippen LogP contribution in [0.25, 0.3) is 0 Å². The molecule has 1 N–H and O–H groups in total. The fraction of sp³-hybridized carbons (Fsp3) is 0.412. The molecule has 3 heterocycles. The molecule has 1 saturated heterocycles. The van der Waals surface area contributed by atoms with Crippen LogP contribution in [0.15, 0.2) is 72.8 Å². The Hall–Kier alpha value is -2.82. The molecular formula is C34H36FIN2O4. The van der Waals surface area contributed by atoms with Crippen molar-refractivity contribution in [3.05, 3.63) is 98.6 Å². The predicted octanol–water partition coefficient (Wildman–Crippen LogP) is 5.77. The standard InChI is InChI=1S/C34H36FIN2O4/c1-21-31(33(2,3)35)29(17-30(40)37-19-24-12-8-7-11-23(24)15-26(37)20-39)42-34(21)27-16-25(36)13-14-28(27)38(32(34)41)18-22-9-5-4-6-10-22/h4-14,16,21,26,29,31,39H,15,17-20H2,1-3H3/t21-,26+,29+,31-,34+/m1/s1. The quantitative estimate of drug-likeness (QED) is 0.336. The number of carbonyl (C=O) groups excluding carboxylic acids is 2. The minimum absolute atomic E-state index is 0.0754. The van der Waals surface area contributed by atoms with Crippen LogP contribution in [0.4, 0.5) is 10.1 Å². The Labute approximate surface area is 260 Å². The number of hydrogen-bond donors (Lipinski definition) is 1. The Morgan fingerprint density at radius 1 is 1.10 bits per heavy atom. The molecule has 5 atom stereocenters. The SMILES string of the molecule is C[C@@H]1[C@@H](C(C)(C)F)[C@H](CC(=O)N2Cc3ccccc3C[C@H]2CO)O[C@@]12C(=O)N(Cc1ccccc1)c1ccc(I)cc12. The number of ether oxygens (including phenoxy) is 1. The predicted molar refractivity (Wildman–Crippen MR) is 167 cm³/mol. The van der Waals surface area contributed by atoms with Crippen LogP contribution in [0.2, 0.25) is 0 Å². The van der Waals surface area contributed by atoms with Gasteiger partial charge in [0, 0.05) is 27.5 Å². The topological polar surface area (TPSA) is 70.1 Å². The number of benzene rings is 3. The van der Waals surface area contributed by atoms with Crippen molar-refractivity contribution in [1.29, 1.82) is 0 Å². The van der Waals surface area contributed by atoms with Gasteiger partial charge in [0.2, 0.25) is 5.91 Å². The Bertz CT molecular complexity index is 1510. The third-order valence-electron chi connectivity index (χ3n) is 9.37. The summed E-state index contributed by atoms with van der Waals surface area (Å²) in [5, 5.41) is 10.2. The third-order valence-corrected chi connectivity index (χ3v) is 10.0. The highest BCUT2D eigenvalue weighted by Gasteiger charge is 2.66. The second kappa shape index (κ2) is 11.0. The molecule has 0 aromatic heterocycles. The molecule has 0 aliphatic carbocycles. The van der Waals surface area contributed by atoms with E-state index < -0.39 is 29.2 Å². The molecule has 0 saturated carbocycles. The van der Waals surface area contributed by atoms with Gasteiger partial charge in [-0.25, -0.2) is 4.39 Å². The van der Waals surface area contributed by atoms with E-state index in [9.17, 15) is 14.7 Å². The van der Waals surface area contributed by atoms with E-state index in [1.165, 1.54) is 13.8 Å². The second-order valence-electron chi connectivity index (χ2n) is 12.3. The van der Waals surface area contributed by atoms with Crippen LogP contribution in [0, 0.1) is 15.4 Å². The molecule has 2 amide bonds. The van der Waals surface area contributed by atoms with Crippen molar-refractivity contribution < 1.29 is 23.8 Å². The monoisotopic (exact) mass is 682 g/mol. The van der Waals surface area contributed by atoms with E-state index >= 15 is 4.39 Å². The zero-order valence-electron chi connectivity index (χ0n) is 24.1. The van der Waals surface area contributed by atoms with Crippen LogP contribution >= 0.6 is 22.6 Å². The van der Waals surface area contributed by atoms with Crippen LogP contribution in [0.3, 0.4) is 0 Å². The smallest absolute Gasteiger partial charge is 0.264 e. The number of amides is 2. The number of hydrogen-bond acceptors (Lipinski definition) is 4. The first-order valence-corrected chi connectivity index (χ1v) is 15.6. The lowest BCUT2D eigenvalue weighted by atomic mass is 9.71. The molecule has 42 heavy (non-hydrogen) atoms. The van der Waals surface area contributed by atoms with Gasteiger partial charge in [0.15, 0.2) is 5.60 Å². The zero-order chi connectivity index (χ0) is 29.8. The van der Waals surface area contributed by atoms with Gasteiger partial charge in [-0.1, -0.05) is 61.5 Å². The maximum Gasteiger partial charge on any atom is 0.264 e. The van der Waals surface area contributed by atoms with Crippen molar-refractivity contribution in [3.8, 4) is 0 Å². The number of anilines is 1. The van der Waals surface area contributed by atoms with E-state index in [2.05, 4.69) is 22.6 Å². The normalized spacial score (nSPS) is 27.0. The van der Waals surface area contributed by atoms with E-state index in [0.29, 0.717) is 19.5 Å². The van der Waals surface area contributed by atoms with Gasteiger partial charge < -0.3 is 19.6 Å². The number of aliphatic hydroxyl groups is 1. The zero-order valence-corrected chi connectivity index (χ0v) is 26.3. The summed E-state index contributed by atoms with van der Waals surface area (Å²) in [4.78, 5) is 31.9. The molecule has 1 spiro atoms. The van der Waals surface area contributed by atoms with E-state index in [4.69, 9.17) is 4.74 Å². The summed E-state index contributed by atoms with van der Waals surface area (Å²) in [5.41, 5.74) is 1.50. The van der Waals surface area contributed by atoms with Gasteiger partial charge in [-0.15, -0.1) is 0 Å². The summed E-state index contributed by atoms with van der Waals surface area (Å²) in [6.45, 7) is 5.49.